The summed E-state index contributed by atoms with van der Waals surface area (Å²) in [6.45, 7) is 6.22. The molecule has 0 bridgehead atoms. The fourth-order valence-electron chi connectivity index (χ4n) is 4.96. The molecule has 2 aromatic heterocycles. The van der Waals surface area contributed by atoms with Crippen molar-refractivity contribution in [1.29, 1.82) is 0 Å². The molecule has 6 rings (SSSR count). The van der Waals surface area contributed by atoms with Crippen LogP contribution in [0.15, 0.2) is 30.5 Å². The average Bonchev–Trinajstić information content (AvgIpc) is 3.40. The zero-order chi connectivity index (χ0) is 22.0. The second-order valence-corrected chi connectivity index (χ2v) is 11.4. The Hall–Kier alpha value is -2.49. The van der Waals surface area contributed by atoms with Gasteiger partial charge in [-0.1, -0.05) is 18.2 Å². The molecule has 168 valence electrons. The molecule has 2 aliphatic heterocycles. The first-order valence-electron chi connectivity index (χ1n) is 11.3. The highest BCUT2D eigenvalue weighted by Crippen LogP contribution is 2.39. The third-order valence-corrected chi connectivity index (χ3v) is 8.88. The molecule has 4 heterocycles. The van der Waals surface area contributed by atoms with Gasteiger partial charge in [0.2, 0.25) is 10.0 Å². The first-order valence-corrected chi connectivity index (χ1v) is 12.8. The maximum Gasteiger partial charge on any atom is 0.217 e. The van der Waals surface area contributed by atoms with Gasteiger partial charge in [0, 0.05) is 47.9 Å². The van der Waals surface area contributed by atoms with Crippen molar-refractivity contribution in [3.8, 4) is 11.4 Å². The standard InChI is InChI=1S/C23H27N5O3S/c1-14-10-27(11-15(2)31-14)23-19-12-28(32(29,30)16-7-8-16)13-21(19)25-22(26-23)18-9-24-20-6-4-3-5-17(18)20/h3-6,9,14-16,24H,7-8,10-13H2,1-2H3/t14-,15+. The lowest BCUT2D eigenvalue weighted by Crippen LogP contribution is -2.46. The molecular weight excluding hydrogens is 426 g/mol. The normalized spacial score (nSPS) is 24.2. The molecule has 3 aliphatic rings. The molecule has 1 aromatic carbocycles. The summed E-state index contributed by atoms with van der Waals surface area (Å²) in [4.78, 5) is 15.5. The zero-order valence-corrected chi connectivity index (χ0v) is 19.1. The predicted molar refractivity (Wildman–Crippen MR) is 123 cm³/mol. The van der Waals surface area contributed by atoms with E-state index in [4.69, 9.17) is 14.7 Å². The van der Waals surface area contributed by atoms with Crippen LogP contribution in [0.25, 0.3) is 22.3 Å². The topological polar surface area (TPSA) is 91.4 Å². The quantitative estimate of drug-likeness (QED) is 0.653. The first kappa shape index (κ1) is 20.1. The van der Waals surface area contributed by atoms with Crippen LogP contribution in [0.4, 0.5) is 5.82 Å². The Bertz CT molecular complexity index is 1290. The van der Waals surface area contributed by atoms with Gasteiger partial charge in [-0.2, -0.15) is 4.31 Å². The van der Waals surface area contributed by atoms with Gasteiger partial charge >= 0.3 is 0 Å². The number of sulfonamides is 1. The number of nitrogens with zero attached hydrogens (tertiary/aromatic N) is 4. The number of hydrogen-bond donors (Lipinski definition) is 1. The van der Waals surface area contributed by atoms with Gasteiger partial charge in [-0.15, -0.1) is 0 Å². The summed E-state index contributed by atoms with van der Waals surface area (Å²) < 4.78 is 33.5. The minimum absolute atomic E-state index is 0.0774. The van der Waals surface area contributed by atoms with Crippen molar-refractivity contribution in [2.45, 2.75) is 57.2 Å². The molecule has 0 amide bonds. The number of nitrogens with one attached hydrogen (secondary N) is 1. The molecular formula is C23H27N5O3S. The van der Waals surface area contributed by atoms with Gasteiger partial charge < -0.3 is 14.6 Å². The minimum Gasteiger partial charge on any atom is -0.372 e. The van der Waals surface area contributed by atoms with Crippen LogP contribution in [0, 0.1) is 0 Å². The summed E-state index contributed by atoms with van der Waals surface area (Å²) in [5.74, 6) is 1.47. The van der Waals surface area contributed by atoms with Gasteiger partial charge in [-0.25, -0.2) is 18.4 Å². The molecule has 0 spiro atoms. The zero-order valence-electron chi connectivity index (χ0n) is 18.3. The molecule has 8 nitrogen and oxygen atoms in total. The van der Waals surface area contributed by atoms with E-state index in [1.54, 1.807) is 4.31 Å². The number of aromatic nitrogens is 3. The lowest BCUT2D eigenvalue weighted by atomic mass is 10.1. The number of aromatic amines is 1. The van der Waals surface area contributed by atoms with Crippen LogP contribution < -0.4 is 4.90 Å². The molecule has 1 N–H and O–H groups in total. The third-order valence-electron chi connectivity index (χ3n) is 6.59. The highest BCUT2D eigenvalue weighted by Gasteiger charge is 2.43. The number of hydrogen-bond acceptors (Lipinski definition) is 6. The number of rotatable bonds is 4. The smallest absolute Gasteiger partial charge is 0.217 e. The maximum atomic E-state index is 13.0. The summed E-state index contributed by atoms with van der Waals surface area (Å²) in [5, 5.41) is 0.826. The third kappa shape index (κ3) is 3.30. The van der Waals surface area contributed by atoms with Crippen molar-refractivity contribution in [3.05, 3.63) is 41.7 Å². The number of ether oxygens (including phenoxy) is 1. The van der Waals surface area contributed by atoms with E-state index in [1.165, 1.54) is 0 Å². The van der Waals surface area contributed by atoms with E-state index in [1.807, 2.05) is 24.4 Å². The van der Waals surface area contributed by atoms with E-state index in [0.717, 1.165) is 59.5 Å². The number of para-hydroxylation sites is 1. The van der Waals surface area contributed by atoms with Gasteiger partial charge in [0.05, 0.1) is 29.7 Å². The van der Waals surface area contributed by atoms with Crippen LogP contribution in [0.2, 0.25) is 0 Å². The summed E-state index contributed by atoms with van der Waals surface area (Å²) in [5.41, 5.74) is 3.70. The fourth-order valence-corrected chi connectivity index (χ4v) is 6.72. The summed E-state index contributed by atoms with van der Waals surface area (Å²) in [7, 11) is -3.29. The summed E-state index contributed by atoms with van der Waals surface area (Å²) in [6.07, 6.45) is 3.61. The average molecular weight is 454 g/mol. The Kier molecular flexibility index (Phi) is 4.57. The Balaban J connectivity index is 1.47. The van der Waals surface area contributed by atoms with E-state index in [9.17, 15) is 8.42 Å². The second kappa shape index (κ2) is 7.26. The van der Waals surface area contributed by atoms with E-state index < -0.39 is 10.0 Å². The van der Waals surface area contributed by atoms with E-state index in [0.29, 0.717) is 18.9 Å². The molecule has 0 unspecified atom stereocenters. The monoisotopic (exact) mass is 453 g/mol. The van der Waals surface area contributed by atoms with E-state index >= 15 is 0 Å². The van der Waals surface area contributed by atoms with Crippen molar-refractivity contribution in [2.24, 2.45) is 0 Å². The van der Waals surface area contributed by atoms with Gasteiger partial charge in [0.15, 0.2) is 5.82 Å². The Morgan fingerprint density at radius 3 is 2.56 bits per heavy atom. The van der Waals surface area contributed by atoms with E-state index in [-0.39, 0.29) is 17.5 Å². The summed E-state index contributed by atoms with van der Waals surface area (Å²) in [6, 6.07) is 8.08. The van der Waals surface area contributed by atoms with Gasteiger partial charge in [0.25, 0.3) is 0 Å². The number of anilines is 1. The number of fused-ring (bicyclic) bond motifs is 2. The molecule has 9 heteroatoms. The molecule has 32 heavy (non-hydrogen) atoms. The lowest BCUT2D eigenvalue weighted by molar-refractivity contribution is -0.00551. The van der Waals surface area contributed by atoms with Gasteiger partial charge in [0.1, 0.15) is 5.82 Å². The fraction of sp³-hybridized carbons (Fsp3) is 0.478. The largest absolute Gasteiger partial charge is 0.372 e. The van der Waals surface area contributed by atoms with Gasteiger partial charge in [-0.3, -0.25) is 0 Å². The van der Waals surface area contributed by atoms with Crippen molar-refractivity contribution >= 4 is 26.7 Å². The number of morpholine rings is 1. The number of benzene rings is 1. The minimum atomic E-state index is -3.29. The molecule has 1 aliphatic carbocycles. The molecule has 0 radical (unpaired) electrons. The molecule has 2 atom stereocenters. The Labute approximate surface area is 187 Å². The number of H-pyrrole nitrogens is 1. The first-order chi connectivity index (χ1) is 15.4. The van der Waals surface area contributed by atoms with E-state index in [2.05, 4.69) is 29.8 Å². The maximum absolute atomic E-state index is 13.0. The highest BCUT2D eigenvalue weighted by molar-refractivity contribution is 7.90. The molecule has 1 saturated heterocycles. The highest BCUT2D eigenvalue weighted by atomic mass is 32.2. The lowest BCUT2D eigenvalue weighted by Gasteiger charge is -2.37. The summed E-state index contributed by atoms with van der Waals surface area (Å²) >= 11 is 0. The molecule has 3 aromatic rings. The van der Waals surface area contributed by atoms with Crippen molar-refractivity contribution in [3.63, 3.8) is 0 Å². The van der Waals surface area contributed by atoms with Crippen LogP contribution in [-0.4, -0.2) is 58.2 Å². The van der Waals surface area contributed by atoms with Crippen molar-refractivity contribution < 1.29 is 13.2 Å². The van der Waals surface area contributed by atoms with Crippen LogP contribution in [0.5, 0.6) is 0 Å². The predicted octanol–water partition coefficient (Wildman–Crippen LogP) is 3.05. The van der Waals surface area contributed by atoms with Crippen LogP contribution in [0.3, 0.4) is 0 Å². The Morgan fingerprint density at radius 2 is 1.81 bits per heavy atom. The van der Waals surface area contributed by atoms with Crippen LogP contribution >= 0.6 is 0 Å². The van der Waals surface area contributed by atoms with Crippen LogP contribution in [0.1, 0.15) is 37.9 Å². The van der Waals surface area contributed by atoms with Crippen molar-refractivity contribution in [1.82, 2.24) is 19.3 Å². The SMILES string of the molecule is C[C@@H]1CN(c2nc(-c3c[nH]c4ccccc34)nc3c2CN(S(=O)(=O)C2CC2)C3)C[C@H](C)O1. The van der Waals surface area contributed by atoms with Gasteiger partial charge in [-0.05, 0) is 32.8 Å². The van der Waals surface area contributed by atoms with Crippen LogP contribution in [-0.2, 0) is 27.8 Å². The molecule has 1 saturated carbocycles. The molecule has 2 fully saturated rings. The van der Waals surface area contributed by atoms with Crippen molar-refractivity contribution in [2.75, 3.05) is 18.0 Å². The Morgan fingerprint density at radius 1 is 1.06 bits per heavy atom. The second-order valence-electron chi connectivity index (χ2n) is 9.22.